The fourth-order valence-corrected chi connectivity index (χ4v) is 2.62. The number of amides is 1. The van der Waals surface area contributed by atoms with Gasteiger partial charge >= 0.3 is 5.97 Å². The van der Waals surface area contributed by atoms with Crippen LogP contribution in [0.25, 0.3) is 0 Å². The number of nitrogens with one attached hydrogen (secondary N) is 1. The van der Waals surface area contributed by atoms with Crippen LogP contribution in [0.1, 0.15) is 37.4 Å². The van der Waals surface area contributed by atoms with Crippen molar-refractivity contribution >= 4 is 18.1 Å². The van der Waals surface area contributed by atoms with Crippen molar-refractivity contribution in [3.05, 3.63) is 101 Å². The molecule has 0 heterocycles. The Labute approximate surface area is 163 Å². The molecule has 0 aliphatic rings. The minimum Gasteiger partial charge on any atom is -0.422 e. The molecule has 0 radical (unpaired) electrons. The van der Waals surface area contributed by atoms with Crippen LogP contribution in [0.15, 0.2) is 77.9 Å². The van der Waals surface area contributed by atoms with E-state index in [1.165, 1.54) is 6.21 Å². The lowest BCUT2D eigenvalue weighted by Crippen LogP contribution is -2.17. The molecule has 5 heteroatoms. The number of carbonyl (C=O) groups excluding carboxylic acids is 2. The zero-order valence-corrected chi connectivity index (χ0v) is 15.7. The molecule has 3 aromatic carbocycles. The van der Waals surface area contributed by atoms with E-state index in [1.807, 2.05) is 32.0 Å². The molecule has 0 unspecified atom stereocenters. The average molecular weight is 372 g/mol. The number of rotatable bonds is 5. The summed E-state index contributed by atoms with van der Waals surface area (Å²) in [5, 5.41) is 3.99. The first-order valence-electron chi connectivity index (χ1n) is 8.81. The van der Waals surface area contributed by atoms with Crippen molar-refractivity contribution in [2.24, 2.45) is 5.10 Å². The molecule has 1 N–H and O–H groups in total. The number of benzene rings is 3. The highest BCUT2D eigenvalue weighted by Gasteiger charge is 2.11. The van der Waals surface area contributed by atoms with Gasteiger partial charge in [0, 0.05) is 11.1 Å². The Morgan fingerprint density at radius 2 is 1.50 bits per heavy atom. The molecule has 3 rings (SSSR count). The largest absolute Gasteiger partial charge is 0.422 e. The van der Waals surface area contributed by atoms with Gasteiger partial charge in [0.25, 0.3) is 5.91 Å². The number of hydrogen-bond donors (Lipinski definition) is 1. The van der Waals surface area contributed by atoms with Crippen LogP contribution in [-0.2, 0) is 0 Å². The Kier molecular flexibility index (Phi) is 5.97. The maximum atomic E-state index is 12.4. The second-order valence-corrected chi connectivity index (χ2v) is 6.37. The molecule has 0 atom stereocenters. The quantitative estimate of drug-likeness (QED) is 0.314. The highest BCUT2D eigenvalue weighted by atomic mass is 16.5. The molecule has 0 aliphatic carbocycles. The first-order valence-corrected chi connectivity index (χ1v) is 8.81. The summed E-state index contributed by atoms with van der Waals surface area (Å²) in [6, 6.07) is 21.4. The van der Waals surface area contributed by atoms with Crippen LogP contribution in [0.3, 0.4) is 0 Å². The number of carbonyl (C=O) groups is 2. The normalized spacial score (nSPS) is 10.6. The average Bonchev–Trinajstić information content (AvgIpc) is 2.69. The lowest BCUT2D eigenvalue weighted by Gasteiger charge is -2.07. The van der Waals surface area contributed by atoms with Crippen LogP contribution < -0.4 is 10.2 Å². The van der Waals surface area contributed by atoms with Crippen LogP contribution in [0.2, 0.25) is 0 Å². The van der Waals surface area contributed by atoms with Gasteiger partial charge in [-0.25, -0.2) is 10.2 Å². The maximum Gasteiger partial charge on any atom is 0.343 e. The lowest BCUT2D eigenvalue weighted by molar-refractivity contribution is 0.0734. The lowest BCUT2D eigenvalue weighted by atomic mass is 10.1. The van der Waals surface area contributed by atoms with E-state index in [4.69, 9.17) is 4.74 Å². The number of ether oxygens (including phenoxy) is 1. The summed E-state index contributed by atoms with van der Waals surface area (Å²) in [7, 11) is 0. The maximum absolute atomic E-state index is 12.4. The Morgan fingerprint density at radius 1 is 0.857 bits per heavy atom. The van der Waals surface area contributed by atoms with E-state index in [0.717, 1.165) is 11.1 Å². The molecule has 0 spiro atoms. The predicted molar refractivity (Wildman–Crippen MR) is 109 cm³/mol. The number of esters is 1. The number of para-hydroxylation sites is 1. The number of nitrogens with zero attached hydrogens (tertiary/aromatic N) is 1. The molecular weight excluding hydrogens is 352 g/mol. The molecule has 0 aromatic heterocycles. The molecule has 0 fully saturated rings. The van der Waals surface area contributed by atoms with Gasteiger partial charge in [-0.15, -0.1) is 0 Å². The summed E-state index contributed by atoms with van der Waals surface area (Å²) >= 11 is 0. The standard InChI is InChI=1S/C23H20N2O3/c1-16-7-5-10-18(13-16)22(26)25-24-15-20-9-3-4-12-21(20)28-23(27)19-11-6-8-17(2)14-19/h3-15H,1-2H3,(H,25,26)/b24-15-. The second-order valence-electron chi connectivity index (χ2n) is 6.37. The minimum atomic E-state index is -0.451. The van der Waals surface area contributed by atoms with Crippen LogP contribution >= 0.6 is 0 Å². The monoisotopic (exact) mass is 372 g/mol. The molecular formula is C23H20N2O3. The summed E-state index contributed by atoms with van der Waals surface area (Å²) in [6.07, 6.45) is 1.45. The van der Waals surface area contributed by atoms with Gasteiger partial charge in [0.15, 0.2) is 0 Å². The number of hydrogen-bond acceptors (Lipinski definition) is 4. The van der Waals surface area contributed by atoms with Crippen molar-refractivity contribution in [3.63, 3.8) is 0 Å². The topological polar surface area (TPSA) is 67.8 Å². The van der Waals surface area contributed by atoms with E-state index in [1.54, 1.807) is 54.6 Å². The van der Waals surface area contributed by atoms with E-state index >= 15 is 0 Å². The van der Waals surface area contributed by atoms with Gasteiger partial charge in [-0.05, 0) is 50.2 Å². The van der Waals surface area contributed by atoms with Gasteiger partial charge in [0.2, 0.25) is 0 Å². The van der Waals surface area contributed by atoms with Gasteiger partial charge in [-0.1, -0.05) is 47.5 Å². The molecule has 1 amide bonds. The summed E-state index contributed by atoms with van der Waals surface area (Å²) in [6.45, 7) is 3.83. The fraction of sp³-hybridized carbons (Fsp3) is 0.0870. The zero-order chi connectivity index (χ0) is 19.9. The molecule has 28 heavy (non-hydrogen) atoms. The predicted octanol–water partition coefficient (Wildman–Crippen LogP) is 4.29. The van der Waals surface area contributed by atoms with Gasteiger partial charge in [-0.3, -0.25) is 4.79 Å². The number of aryl methyl sites for hydroxylation is 2. The van der Waals surface area contributed by atoms with Crippen LogP contribution in [0.5, 0.6) is 5.75 Å². The van der Waals surface area contributed by atoms with Gasteiger partial charge in [-0.2, -0.15) is 5.10 Å². The van der Waals surface area contributed by atoms with Crippen LogP contribution in [-0.4, -0.2) is 18.1 Å². The van der Waals surface area contributed by atoms with Gasteiger partial charge in [0.05, 0.1) is 11.8 Å². The van der Waals surface area contributed by atoms with Crippen LogP contribution in [0, 0.1) is 13.8 Å². The molecule has 0 aliphatic heterocycles. The third kappa shape index (κ3) is 4.92. The summed E-state index contributed by atoms with van der Waals surface area (Å²) in [5.74, 6) is -0.398. The third-order valence-electron chi connectivity index (χ3n) is 4.03. The molecule has 140 valence electrons. The van der Waals surface area contributed by atoms with Crippen molar-refractivity contribution < 1.29 is 14.3 Å². The highest BCUT2D eigenvalue weighted by Crippen LogP contribution is 2.18. The smallest absolute Gasteiger partial charge is 0.343 e. The molecule has 3 aromatic rings. The molecule has 0 saturated heterocycles. The van der Waals surface area contributed by atoms with E-state index < -0.39 is 5.97 Å². The second kappa shape index (κ2) is 8.77. The Balaban J connectivity index is 1.70. The minimum absolute atomic E-state index is 0.311. The Morgan fingerprint density at radius 3 is 2.21 bits per heavy atom. The van der Waals surface area contributed by atoms with Gasteiger partial charge < -0.3 is 4.74 Å². The molecule has 0 bridgehead atoms. The summed E-state index contributed by atoms with van der Waals surface area (Å²) in [5.41, 5.74) is 6.02. The molecule has 5 nitrogen and oxygen atoms in total. The first kappa shape index (κ1) is 19.0. The SMILES string of the molecule is Cc1cccc(C(=O)N/N=C\c2ccccc2OC(=O)c2cccc(C)c2)c1. The third-order valence-corrected chi connectivity index (χ3v) is 4.03. The first-order chi connectivity index (χ1) is 13.5. The number of hydrazone groups is 1. The van der Waals surface area contributed by atoms with Gasteiger partial charge in [0.1, 0.15) is 5.75 Å². The van der Waals surface area contributed by atoms with E-state index in [9.17, 15) is 9.59 Å². The molecule has 0 saturated carbocycles. The van der Waals surface area contributed by atoms with Crippen molar-refractivity contribution in [1.29, 1.82) is 0 Å². The summed E-state index contributed by atoms with van der Waals surface area (Å²) in [4.78, 5) is 24.5. The van der Waals surface area contributed by atoms with Crippen molar-refractivity contribution in [2.45, 2.75) is 13.8 Å². The van der Waals surface area contributed by atoms with Crippen molar-refractivity contribution in [1.82, 2.24) is 5.43 Å². The van der Waals surface area contributed by atoms with Crippen molar-refractivity contribution in [3.8, 4) is 5.75 Å². The zero-order valence-electron chi connectivity index (χ0n) is 15.7. The fourth-order valence-electron chi connectivity index (χ4n) is 2.62. The Hall–Kier alpha value is -3.73. The van der Waals surface area contributed by atoms with E-state index in [0.29, 0.717) is 22.4 Å². The van der Waals surface area contributed by atoms with E-state index in [2.05, 4.69) is 10.5 Å². The van der Waals surface area contributed by atoms with Crippen LogP contribution in [0.4, 0.5) is 0 Å². The van der Waals surface area contributed by atoms with E-state index in [-0.39, 0.29) is 5.91 Å². The van der Waals surface area contributed by atoms with Crippen molar-refractivity contribution in [2.75, 3.05) is 0 Å². The highest BCUT2D eigenvalue weighted by molar-refractivity contribution is 5.96. The Bertz CT molecular complexity index is 1040. The summed E-state index contributed by atoms with van der Waals surface area (Å²) < 4.78 is 5.50.